The Hall–Kier alpha value is -1.99. The summed E-state index contributed by atoms with van der Waals surface area (Å²) in [6.45, 7) is -2.81. The number of benzene rings is 1. The van der Waals surface area contributed by atoms with Crippen LogP contribution in [-0.4, -0.2) is 16.4 Å². The molecule has 1 aromatic heterocycles. The van der Waals surface area contributed by atoms with Gasteiger partial charge in [-0.15, -0.1) is 0 Å². The lowest BCUT2D eigenvalue weighted by atomic mass is 10.0. The Labute approximate surface area is 121 Å². The Balaban J connectivity index is 1.96. The van der Waals surface area contributed by atoms with E-state index in [0.29, 0.717) is 0 Å². The van der Waals surface area contributed by atoms with Gasteiger partial charge in [0.2, 0.25) is 0 Å². The van der Waals surface area contributed by atoms with Crippen molar-refractivity contribution in [2.24, 2.45) is 12.9 Å². The molecular formula is C14H18F2N4O. The molecule has 1 heterocycles. The van der Waals surface area contributed by atoms with Crippen LogP contribution in [-0.2, 0) is 13.5 Å². The number of hydrazine groups is 1. The molecule has 0 radical (unpaired) electrons. The SMILES string of the molecule is Cn1cc(CCC(NN)c2ccc(OC(F)F)cc2)cn1. The molecule has 3 N–H and O–H groups in total. The number of rotatable bonds is 7. The van der Waals surface area contributed by atoms with Crippen LogP contribution < -0.4 is 16.0 Å². The number of aryl methyl sites for hydroxylation is 2. The Morgan fingerprint density at radius 2 is 2.05 bits per heavy atom. The number of nitrogens with two attached hydrogens (primary N) is 1. The fraction of sp³-hybridized carbons (Fsp3) is 0.357. The monoisotopic (exact) mass is 296 g/mol. The van der Waals surface area contributed by atoms with Gasteiger partial charge in [0.15, 0.2) is 0 Å². The largest absolute Gasteiger partial charge is 0.435 e. The second-order valence-corrected chi connectivity index (χ2v) is 4.73. The Bertz CT molecular complexity index is 556. The summed E-state index contributed by atoms with van der Waals surface area (Å²) in [5, 5.41) is 4.11. The Morgan fingerprint density at radius 3 is 2.57 bits per heavy atom. The Kier molecular flexibility index (Phi) is 5.24. The minimum absolute atomic E-state index is 0.0641. The number of hydrogen-bond acceptors (Lipinski definition) is 4. The summed E-state index contributed by atoms with van der Waals surface area (Å²) in [6, 6.07) is 6.41. The number of alkyl halides is 2. The number of nitrogens with zero attached hydrogens (tertiary/aromatic N) is 2. The third-order valence-electron chi connectivity index (χ3n) is 3.19. The van der Waals surface area contributed by atoms with Crippen molar-refractivity contribution in [1.29, 1.82) is 0 Å². The molecule has 0 aliphatic rings. The topological polar surface area (TPSA) is 65.1 Å². The number of aromatic nitrogens is 2. The molecule has 0 aliphatic carbocycles. The van der Waals surface area contributed by atoms with Crippen LogP contribution in [0.15, 0.2) is 36.7 Å². The predicted octanol–water partition coefficient (Wildman–Crippen LogP) is 2.16. The third kappa shape index (κ3) is 4.51. The molecule has 0 fully saturated rings. The van der Waals surface area contributed by atoms with Crippen molar-refractivity contribution in [3.8, 4) is 5.75 Å². The van der Waals surface area contributed by atoms with Gasteiger partial charge in [-0.3, -0.25) is 16.0 Å². The summed E-state index contributed by atoms with van der Waals surface area (Å²) in [6.07, 6.45) is 5.36. The lowest BCUT2D eigenvalue weighted by Crippen LogP contribution is -2.28. The molecule has 2 aromatic rings. The van der Waals surface area contributed by atoms with E-state index in [-0.39, 0.29) is 11.8 Å². The first-order valence-electron chi connectivity index (χ1n) is 6.57. The van der Waals surface area contributed by atoms with Crippen LogP contribution in [0.1, 0.15) is 23.6 Å². The molecule has 0 amide bonds. The van der Waals surface area contributed by atoms with Crippen molar-refractivity contribution in [2.45, 2.75) is 25.5 Å². The number of ether oxygens (including phenoxy) is 1. The van der Waals surface area contributed by atoms with E-state index in [1.807, 2.05) is 19.4 Å². The lowest BCUT2D eigenvalue weighted by molar-refractivity contribution is -0.0498. The molecule has 0 saturated heterocycles. The highest BCUT2D eigenvalue weighted by Gasteiger charge is 2.11. The van der Waals surface area contributed by atoms with Gasteiger partial charge in [0.25, 0.3) is 0 Å². The molecule has 2 rings (SSSR count). The van der Waals surface area contributed by atoms with Crippen molar-refractivity contribution in [1.82, 2.24) is 15.2 Å². The van der Waals surface area contributed by atoms with Crippen LogP contribution in [0.4, 0.5) is 8.78 Å². The van der Waals surface area contributed by atoms with Gasteiger partial charge in [-0.05, 0) is 36.1 Å². The van der Waals surface area contributed by atoms with Crippen LogP contribution in [0.25, 0.3) is 0 Å². The molecule has 1 aromatic carbocycles. The average Bonchev–Trinajstić information content (AvgIpc) is 2.86. The summed E-state index contributed by atoms with van der Waals surface area (Å²) < 4.78 is 30.3. The maximum Gasteiger partial charge on any atom is 0.387 e. The molecule has 1 atom stereocenters. The van der Waals surface area contributed by atoms with Crippen LogP contribution in [0.5, 0.6) is 5.75 Å². The molecule has 1 unspecified atom stereocenters. The van der Waals surface area contributed by atoms with Crippen LogP contribution in [0, 0.1) is 0 Å². The fourth-order valence-electron chi connectivity index (χ4n) is 2.14. The van der Waals surface area contributed by atoms with Gasteiger partial charge < -0.3 is 4.74 Å². The first-order valence-corrected chi connectivity index (χ1v) is 6.57. The van der Waals surface area contributed by atoms with Gasteiger partial charge in [-0.1, -0.05) is 12.1 Å². The minimum Gasteiger partial charge on any atom is -0.435 e. The molecule has 5 nitrogen and oxygen atoms in total. The van der Waals surface area contributed by atoms with Crippen molar-refractivity contribution in [3.63, 3.8) is 0 Å². The van der Waals surface area contributed by atoms with Crippen molar-refractivity contribution in [2.75, 3.05) is 0 Å². The van der Waals surface area contributed by atoms with Gasteiger partial charge in [-0.25, -0.2) is 0 Å². The number of halogens is 2. The molecule has 21 heavy (non-hydrogen) atoms. The highest BCUT2D eigenvalue weighted by atomic mass is 19.3. The van der Waals surface area contributed by atoms with Crippen LogP contribution in [0.2, 0.25) is 0 Å². The van der Waals surface area contributed by atoms with E-state index in [2.05, 4.69) is 15.3 Å². The van der Waals surface area contributed by atoms with Gasteiger partial charge in [-0.2, -0.15) is 13.9 Å². The number of hydrogen-bond donors (Lipinski definition) is 2. The lowest BCUT2D eigenvalue weighted by Gasteiger charge is -2.16. The number of nitrogens with one attached hydrogen (secondary N) is 1. The van der Waals surface area contributed by atoms with E-state index >= 15 is 0 Å². The zero-order chi connectivity index (χ0) is 15.2. The maximum absolute atomic E-state index is 12.1. The first kappa shape index (κ1) is 15.4. The second kappa shape index (κ2) is 7.14. The van der Waals surface area contributed by atoms with E-state index in [4.69, 9.17) is 5.84 Å². The van der Waals surface area contributed by atoms with E-state index < -0.39 is 6.61 Å². The summed E-state index contributed by atoms with van der Waals surface area (Å²) >= 11 is 0. The smallest absolute Gasteiger partial charge is 0.387 e. The molecule has 0 spiro atoms. The van der Waals surface area contributed by atoms with Gasteiger partial charge in [0, 0.05) is 19.3 Å². The van der Waals surface area contributed by atoms with Crippen LogP contribution in [0.3, 0.4) is 0 Å². The minimum atomic E-state index is -2.81. The van der Waals surface area contributed by atoms with Crippen molar-refractivity contribution in [3.05, 3.63) is 47.8 Å². The highest BCUT2D eigenvalue weighted by molar-refractivity contribution is 5.29. The third-order valence-corrected chi connectivity index (χ3v) is 3.19. The molecular weight excluding hydrogens is 278 g/mol. The van der Waals surface area contributed by atoms with Gasteiger partial charge in [0.05, 0.1) is 6.20 Å². The maximum atomic E-state index is 12.1. The molecule has 0 saturated carbocycles. The summed E-state index contributed by atoms with van der Waals surface area (Å²) in [4.78, 5) is 0. The van der Waals surface area contributed by atoms with Gasteiger partial charge in [0.1, 0.15) is 5.75 Å². The zero-order valence-electron chi connectivity index (χ0n) is 11.7. The highest BCUT2D eigenvalue weighted by Crippen LogP contribution is 2.22. The first-order chi connectivity index (χ1) is 10.1. The molecule has 0 aliphatic heterocycles. The summed E-state index contributed by atoms with van der Waals surface area (Å²) in [5.41, 5.74) is 4.78. The standard InChI is InChI=1S/C14H18F2N4O/c1-20-9-10(8-18-20)2-7-13(19-17)11-3-5-12(6-4-11)21-14(15)16/h3-6,8-9,13-14,19H,2,7,17H2,1H3. The van der Waals surface area contributed by atoms with Crippen molar-refractivity contribution >= 4 is 0 Å². The fourth-order valence-corrected chi connectivity index (χ4v) is 2.14. The van der Waals surface area contributed by atoms with E-state index in [1.54, 1.807) is 16.8 Å². The molecule has 7 heteroatoms. The van der Waals surface area contributed by atoms with Crippen molar-refractivity contribution < 1.29 is 13.5 Å². The van der Waals surface area contributed by atoms with Crippen LogP contribution >= 0.6 is 0 Å². The summed E-state index contributed by atoms with van der Waals surface area (Å²) in [7, 11) is 1.86. The van der Waals surface area contributed by atoms with Gasteiger partial charge >= 0.3 is 6.61 Å². The average molecular weight is 296 g/mol. The quantitative estimate of drug-likeness (QED) is 0.607. The summed E-state index contributed by atoms with van der Waals surface area (Å²) in [5.74, 6) is 5.71. The zero-order valence-corrected chi connectivity index (χ0v) is 11.7. The van der Waals surface area contributed by atoms with E-state index in [0.717, 1.165) is 24.0 Å². The Morgan fingerprint density at radius 1 is 1.33 bits per heavy atom. The second-order valence-electron chi connectivity index (χ2n) is 4.73. The predicted molar refractivity (Wildman–Crippen MR) is 74.7 cm³/mol. The van der Waals surface area contributed by atoms with E-state index in [9.17, 15) is 8.78 Å². The molecule has 0 bridgehead atoms. The normalized spacial score (nSPS) is 12.6. The van der Waals surface area contributed by atoms with E-state index in [1.165, 1.54) is 12.1 Å². The molecule has 114 valence electrons.